The minimum atomic E-state index is -0.170. The van der Waals surface area contributed by atoms with E-state index in [4.69, 9.17) is 4.74 Å². The maximum atomic E-state index is 12.0. The van der Waals surface area contributed by atoms with Gasteiger partial charge in [0, 0.05) is 17.5 Å². The number of amides is 2. The summed E-state index contributed by atoms with van der Waals surface area (Å²) >= 11 is 1.53. The molecule has 0 aliphatic carbocycles. The van der Waals surface area contributed by atoms with Crippen LogP contribution in [0.1, 0.15) is 11.8 Å². The first-order valence-corrected chi connectivity index (χ1v) is 7.24. The Labute approximate surface area is 126 Å². The summed E-state index contributed by atoms with van der Waals surface area (Å²) in [6.07, 6.45) is 0.311. The lowest BCUT2D eigenvalue weighted by atomic mass is 10.2. The number of hydrogen-bond donors (Lipinski definition) is 2. The molecular formula is C15H16N2O3S. The number of thiophene rings is 1. The summed E-state index contributed by atoms with van der Waals surface area (Å²) in [5.41, 5.74) is 1.14. The van der Waals surface area contributed by atoms with Gasteiger partial charge in [-0.2, -0.15) is 0 Å². The smallest absolute Gasteiger partial charge is 0.229 e. The molecule has 110 valence electrons. The SMILES string of the molecule is COc1ccc(NC(C)=O)cc1NC(=O)Cc1cccs1. The highest BCUT2D eigenvalue weighted by atomic mass is 32.1. The van der Waals surface area contributed by atoms with E-state index in [0.717, 1.165) is 4.88 Å². The van der Waals surface area contributed by atoms with E-state index in [1.165, 1.54) is 25.4 Å². The predicted octanol–water partition coefficient (Wildman–Crippen LogP) is 2.90. The van der Waals surface area contributed by atoms with Crippen LogP contribution in [0.3, 0.4) is 0 Å². The second-order valence-electron chi connectivity index (χ2n) is 4.40. The van der Waals surface area contributed by atoms with Gasteiger partial charge in [-0.15, -0.1) is 11.3 Å². The van der Waals surface area contributed by atoms with Crippen LogP contribution in [0, 0.1) is 0 Å². The molecule has 0 aliphatic heterocycles. The molecule has 0 unspecified atom stereocenters. The van der Waals surface area contributed by atoms with Gasteiger partial charge in [0.2, 0.25) is 11.8 Å². The zero-order chi connectivity index (χ0) is 15.2. The highest BCUT2D eigenvalue weighted by Crippen LogP contribution is 2.28. The van der Waals surface area contributed by atoms with Gasteiger partial charge in [-0.1, -0.05) is 6.07 Å². The third-order valence-corrected chi connectivity index (χ3v) is 3.59. The van der Waals surface area contributed by atoms with Crippen LogP contribution in [0.4, 0.5) is 11.4 Å². The summed E-state index contributed by atoms with van der Waals surface area (Å²) in [6.45, 7) is 1.43. The zero-order valence-electron chi connectivity index (χ0n) is 11.8. The molecule has 6 heteroatoms. The first-order valence-electron chi connectivity index (χ1n) is 6.36. The molecule has 0 aliphatic rings. The van der Waals surface area contributed by atoms with Gasteiger partial charge in [0.05, 0.1) is 19.2 Å². The van der Waals surface area contributed by atoms with Crippen LogP contribution in [0.15, 0.2) is 35.7 Å². The van der Waals surface area contributed by atoms with E-state index in [-0.39, 0.29) is 11.8 Å². The molecule has 2 amide bonds. The fraction of sp³-hybridized carbons (Fsp3) is 0.200. The van der Waals surface area contributed by atoms with Crippen molar-refractivity contribution < 1.29 is 14.3 Å². The van der Waals surface area contributed by atoms with Crippen molar-refractivity contribution in [3.05, 3.63) is 40.6 Å². The summed E-state index contributed by atoms with van der Waals surface area (Å²) in [7, 11) is 1.53. The van der Waals surface area contributed by atoms with Crippen molar-refractivity contribution in [3.63, 3.8) is 0 Å². The quantitative estimate of drug-likeness (QED) is 0.892. The summed E-state index contributed by atoms with van der Waals surface area (Å²) in [4.78, 5) is 24.1. The van der Waals surface area contributed by atoms with Gasteiger partial charge in [-0.05, 0) is 29.6 Å². The van der Waals surface area contributed by atoms with Crippen LogP contribution in [-0.2, 0) is 16.0 Å². The highest BCUT2D eigenvalue weighted by molar-refractivity contribution is 7.10. The monoisotopic (exact) mass is 304 g/mol. The van der Waals surface area contributed by atoms with Crippen LogP contribution in [0.25, 0.3) is 0 Å². The first-order chi connectivity index (χ1) is 10.1. The van der Waals surface area contributed by atoms with Crippen molar-refractivity contribution in [2.75, 3.05) is 17.7 Å². The normalized spacial score (nSPS) is 10.0. The lowest BCUT2D eigenvalue weighted by molar-refractivity contribution is -0.115. The third-order valence-electron chi connectivity index (χ3n) is 2.71. The van der Waals surface area contributed by atoms with Crippen LogP contribution < -0.4 is 15.4 Å². The van der Waals surface area contributed by atoms with Crippen molar-refractivity contribution in [1.82, 2.24) is 0 Å². The van der Waals surface area contributed by atoms with Gasteiger partial charge in [-0.3, -0.25) is 9.59 Å². The number of benzene rings is 1. The Morgan fingerprint density at radius 3 is 2.67 bits per heavy atom. The number of ether oxygens (including phenoxy) is 1. The maximum absolute atomic E-state index is 12.0. The van der Waals surface area contributed by atoms with Crippen molar-refractivity contribution in [2.24, 2.45) is 0 Å². The molecule has 2 aromatic rings. The molecule has 0 fully saturated rings. The number of carbonyl (C=O) groups excluding carboxylic acids is 2. The summed E-state index contributed by atoms with van der Waals surface area (Å²) in [5.74, 6) is 0.246. The molecule has 0 saturated carbocycles. The van der Waals surface area contributed by atoms with Crippen molar-refractivity contribution >= 4 is 34.5 Å². The molecule has 2 N–H and O–H groups in total. The predicted molar refractivity (Wildman–Crippen MR) is 84.0 cm³/mol. The van der Waals surface area contributed by atoms with Crippen molar-refractivity contribution in [3.8, 4) is 5.75 Å². The highest BCUT2D eigenvalue weighted by Gasteiger charge is 2.10. The van der Waals surface area contributed by atoms with Crippen LogP contribution in [0.5, 0.6) is 5.75 Å². The molecule has 1 heterocycles. The molecule has 0 bridgehead atoms. The van der Waals surface area contributed by atoms with Gasteiger partial charge in [0.1, 0.15) is 5.75 Å². The molecule has 1 aromatic heterocycles. The Bertz CT molecular complexity index is 638. The van der Waals surface area contributed by atoms with Gasteiger partial charge in [-0.25, -0.2) is 0 Å². The van der Waals surface area contributed by atoms with Crippen LogP contribution in [-0.4, -0.2) is 18.9 Å². The van der Waals surface area contributed by atoms with E-state index in [1.54, 1.807) is 18.2 Å². The summed E-state index contributed by atoms with van der Waals surface area (Å²) in [5, 5.41) is 7.41. The van der Waals surface area contributed by atoms with Gasteiger partial charge < -0.3 is 15.4 Å². The second-order valence-corrected chi connectivity index (χ2v) is 5.43. The molecule has 21 heavy (non-hydrogen) atoms. The van der Waals surface area contributed by atoms with E-state index >= 15 is 0 Å². The first kappa shape index (κ1) is 15.1. The topological polar surface area (TPSA) is 67.4 Å². The molecule has 0 saturated heterocycles. The maximum Gasteiger partial charge on any atom is 0.229 e. The number of hydrogen-bond acceptors (Lipinski definition) is 4. The Hall–Kier alpha value is -2.34. The Morgan fingerprint density at radius 2 is 2.05 bits per heavy atom. The molecule has 2 rings (SSSR count). The summed E-state index contributed by atoms with van der Waals surface area (Å²) in [6, 6.07) is 8.91. The number of methoxy groups -OCH3 is 1. The molecule has 5 nitrogen and oxygen atoms in total. The molecule has 0 spiro atoms. The number of anilines is 2. The summed E-state index contributed by atoms with van der Waals surface area (Å²) < 4.78 is 5.22. The molecule has 0 radical (unpaired) electrons. The molecular weight excluding hydrogens is 288 g/mol. The lowest BCUT2D eigenvalue weighted by Gasteiger charge is -2.12. The van der Waals surface area contributed by atoms with Crippen LogP contribution in [0.2, 0.25) is 0 Å². The Morgan fingerprint density at radius 1 is 1.24 bits per heavy atom. The fourth-order valence-electron chi connectivity index (χ4n) is 1.85. The van der Waals surface area contributed by atoms with E-state index < -0.39 is 0 Å². The zero-order valence-corrected chi connectivity index (χ0v) is 12.6. The fourth-order valence-corrected chi connectivity index (χ4v) is 2.56. The minimum Gasteiger partial charge on any atom is -0.495 e. The largest absolute Gasteiger partial charge is 0.495 e. The number of nitrogens with one attached hydrogen (secondary N) is 2. The Balaban J connectivity index is 2.12. The van der Waals surface area contributed by atoms with E-state index in [1.807, 2.05) is 17.5 Å². The second kappa shape index (κ2) is 6.90. The van der Waals surface area contributed by atoms with Gasteiger partial charge >= 0.3 is 0 Å². The van der Waals surface area contributed by atoms with E-state index in [0.29, 0.717) is 23.5 Å². The lowest BCUT2D eigenvalue weighted by Crippen LogP contribution is -2.15. The number of carbonyl (C=O) groups is 2. The van der Waals surface area contributed by atoms with Crippen molar-refractivity contribution in [1.29, 1.82) is 0 Å². The minimum absolute atomic E-state index is 0.129. The number of rotatable bonds is 5. The third kappa shape index (κ3) is 4.32. The van der Waals surface area contributed by atoms with E-state index in [9.17, 15) is 9.59 Å². The standard InChI is InChI=1S/C15H16N2O3S/c1-10(18)16-11-5-6-14(20-2)13(8-11)17-15(19)9-12-4-3-7-21-12/h3-8H,9H2,1-2H3,(H,16,18)(H,17,19). The molecule has 0 atom stereocenters. The Kier molecular flexibility index (Phi) is 4.94. The molecule has 1 aromatic carbocycles. The van der Waals surface area contributed by atoms with Crippen molar-refractivity contribution in [2.45, 2.75) is 13.3 Å². The van der Waals surface area contributed by atoms with Crippen LogP contribution >= 0.6 is 11.3 Å². The average molecular weight is 304 g/mol. The van der Waals surface area contributed by atoms with Gasteiger partial charge in [0.25, 0.3) is 0 Å². The van der Waals surface area contributed by atoms with Gasteiger partial charge in [0.15, 0.2) is 0 Å². The average Bonchev–Trinajstić information content (AvgIpc) is 2.91. The van der Waals surface area contributed by atoms with E-state index in [2.05, 4.69) is 10.6 Å².